The molecule has 0 spiro atoms. The Hall–Kier alpha value is -1.60. The molecule has 0 aromatic heterocycles. The zero-order chi connectivity index (χ0) is 20.9. The maximum atomic E-state index is 13.4. The van der Waals surface area contributed by atoms with Crippen molar-refractivity contribution in [2.45, 2.75) is 56.4 Å². The Morgan fingerprint density at radius 3 is 2.43 bits per heavy atom. The Kier molecular flexibility index (Phi) is 7.31. The second-order valence-corrected chi connectivity index (χ2v) is 9.85. The maximum Gasteiger partial charge on any atom is 0.255 e. The third-order valence-electron chi connectivity index (χ3n) is 6.64. The van der Waals surface area contributed by atoms with Gasteiger partial charge in [-0.25, -0.2) is 4.39 Å². The van der Waals surface area contributed by atoms with Crippen LogP contribution in [0.15, 0.2) is 24.3 Å². The number of hydrogen-bond acceptors (Lipinski definition) is 4. The van der Waals surface area contributed by atoms with E-state index in [0.29, 0.717) is 23.8 Å². The molecule has 2 amide bonds. The highest BCUT2D eigenvalue weighted by Crippen LogP contribution is 2.41. The molecule has 3 aliphatic rings. The Morgan fingerprint density at radius 1 is 1.03 bits per heavy atom. The van der Waals surface area contributed by atoms with Gasteiger partial charge in [-0.3, -0.25) is 9.59 Å². The molecule has 164 valence electrons. The second-order valence-electron chi connectivity index (χ2n) is 8.70. The molecule has 4 rings (SSSR count). The third-order valence-corrected chi connectivity index (χ3v) is 8.10. The lowest BCUT2D eigenvalue weighted by molar-refractivity contribution is -0.125. The summed E-state index contributed by atoms with van der Waals surface area (Å²) in [6.07, 6.45) is 8.30. The van der Waals surface area contributed by atoms with E-state index in [1.54, 1.807) is 16.7 Å². The van der Waals surface area contributed by atoms with E-state index in [0.717, 1.165) is 32.5 Å². The van der Waals surface area contributed by atoms with Gasteiger partial charge in [-0.1, -0.05) is 19.3 Å². The van der Waals surface area contributed by atoms with Crippen LogP contribution in [0.4, 0.5) is 4.39 Å². The van der Waals surface area contributed by atoms with Crippen LogP contribution in [0.2, 0.25) is 0 Å². The van der Waals surface area contributed by atoms with Crippen LogP contribution < -0.4 is 5.32 Å². The molecule has 2 heterocycles. The molecule has 1 saturated carbocycles. The van der Waals surface area contributed by atoms with E-state index in [2.05, 4.69) is 10.2 Å². The largest absolute Gasteiger partial charge is 0.353 e. The van der Waals surface area contributed by atoms with E-state index in [1.165, 1.54) is 56.4 Å². The number of benzene rings is 1. The Balaban J connectivity index is 1.46. The molecule has 2 aliphatic heterocycles. The van der Waals surface area contributed by atoms with Crippen molar-refractivity contribution in [1.29, 1.82) is 0 Å². The van der Waals surface area contributed by atoms with Crippen LogP contribution in [-0.4, -0.2) is 65.0 Å². The van der Waals surface area contributed by atoms with E-state index in [-0.39, 0.29) is 23.0 Å². The number of rotatable bonds is 6. The fourth-order valence-electron chi connectivity index (χ4n) is 4.97. The van der Waals surface area contributed by atoms with Crippen LogP contribution in [0.3, 0.4) is 0 Å². The molecule has 2 saturated heterocycles. The van der Waals surface area contributed by atoms with Gasteiger partial charge in [0, 0.05) is 24.4 Å². The van der Waals surface area contributed by atoms with Crippen LogP contribution >= 0.6 is 11.8 Å². The van der Waals surface area contributed by atoms with E-state index in [4.69, 9.17) is 0 Å². The highest BCUT2D eigenvalue weighted by atomic mass is 32.2. The summed E-state index contributed by atoms with van der Waals surface area (Å²) in [5, 5.41) is 3.10. The van der Waals surface area contributed by atoms with Gasteiger partial charge >= 0.3 is 0 Å². The molecule has 1 N–H and O–H groups in total. The van der Waals surface area contributed by atoms with Crippen molar-refractivity contribution in [1.82, 2.24) is 15.1 Å². The van der Waals surface area contributed by atoms with Crippen molar-refractivity contribution in [3.63, 3.8) is 0 Å². The summed E-state index contributed by atoms with van der Waals surface area (Å²) in [5.41, 5.74) is 0.453. The van der Waals surface area contributed by atoms with Crippen LogP contribution in [-0.2, 0) is 4.79 Å². The number of halogens is 1. The molecular weight excluding hydrogens is 401 g/mol. The predicted molar refractivity (Wildman–Crippen MR) is 118 cm³/mol. The molecule has 1 aromatic rings. The van der Waals surface area contributed by atoms with Crippen molar-refractivity contribution in [2.24, 2.45) is 5.92 Å². The molecule has 5 nitrogen and oxygen atoms in total. The van der Waals surface area contributed by atoms with Gasteiger partial charge in [0.2, 0.25) is 5.91 Å². The first-order chi connectivity index (χ1) is 14.6. The number of hydrogen-bond donors (Lipinski definition) is 1. The zero-order valence-corrected chi connectivity index (χ0v) is 18.3. The van der Waals surface area contributed by atoms with Crippen molar-refractivity contribution in [3.05, 3.63) is 35.6 Å². The number of nitrogens with one attached hydrogen (secondary N) is 1. The van der Waals surface area contributed by atoms with Gasteiger partial charge in [-0.2, -0.15) is 0 Å². The molecule has 30 heavy (non-hydrogen) atoms. The molecule has 3 fully saturated rings. The number of thioether (sulfide) groups is 1. The van der Waals surface area contributed by atoms with Crippen LogP contribution in [0.25, 0.3) is 0 Å². The van der Waals surface area contributed by atoms with Gasteiger partial charge in [0.15, 0.2) is 0 Å². The molecule has 2 atom stereocenters. The van der Waals surface area contributed by atoms with Gasteiger partial charge in [-0.05, 0) is 69.0 Å². The summed E-state index contributed by atoms with van der Waals surface area (Å²) >= 11 is 1.74. The summed E-state index contributed by atoms with van der Waals surface area (Å²) < 4.78 is 13.4. The lowest BCUT2D eigenvalue weighted by atomic mass is 9.88. The highest BCUT2D eigenvalue weighted by Gasteiger charge is 2.45. The summed E-state index contributed by atoms with van der Waals surface area (Å²) in [7, 11) is 0. The lowest BCUT2D eigenvalue weighted by Gasteiger charge is -2.35. The van der Waals surface area contributed by atoms with Crippen molar-refractivity contribution in [2.75, 3.05) is 31.9 Å². The molecule has 0 radical (unpaired) electrons. The van der Waals surface area contributed by atoms with Gasteiger partial charge in [0.25, 0.3) is 5.91 Å². The second kappa shape index (κ2) is 10.1. The first-order valence-corrected chi connectivity index (χ1v) is 12.4. The zero-order valence-electron chi connectivity index (χ0n) is 17.5. The van der Waals surface area contributed by atoms with Gasteiger partial charge in [0.05, 0.1) is 5.37 Å². The van der Waals surface area contributed by atoms with Gasteiger partial charge in [0.1, 0.15) is 11.9 Å². The quantitative estimate of drug-likeness (QED) is 0.746. The molecule has 7 heteroatoms. The fraction of sp³-hybridized carbons (Fsp3) is 0.652. The third kappa shape index (κ3) is 4.99. The van der Waals surface area contributed by atoms with Crippen LogP contribution in [0.5, 0.6) is 0 Å². The Labute approximate surface area is 182 Å². The van der Waals surface area contributed by atoms with Crippen molar-refractivity contribution in [3.8, 4) is 0 Å². The Morgan fingerprint density at radius 2 is 1.73 bits per heavy atom. The number of carbonyl (C=O) groups excluding carboxylic acids is 2. The molecule has 0 bridgehead atoms. The van der Waals surface area contributed by atoms with Gasteiger partial charge < -0.3 is 15.1 Å². The Bertz CT molecular complexity index is 732. The maximum absolute atomic E-state index is 13.4. The minimum Gasteiger partial charge on any atom is -0.353 e. The monoisotopic (exact) mass is 433 g/mol. The average molecular weight is 434 g/mol. The van der Waals surface area contributed by atoms with Crippen molar-refractivity contribution >= 4 is 23.6 Å². The minimum atomic E-state index is -0.460. The number of nitrogens with zero attached hydrogens (tertiary/aromatic N) is 2. The molecular formula is C23H32FN3O2S. The summed E-state index contributed by atoms with van der Waals surface area (Å²) in [5.74, 6) is 0.479. The normalized spacial score (nSPS) is 25.6. The smallest absolute Gasteiger partial charge is 0.255 e. The molecule has 1 aromatic carbocycles. The first kappa shape index (κ1) is 21.6. The van der Waals surface area contributed by atoms with Crippen LogP contribution in [0, 0.1) is 11.7 Å². The fourth-order valence-corrected chi connectivity index (χ4v) is 6.61. The topological polar surface area (TPSA) is 52.7 Å². The molecule has 2 unspecified atom stereocenters. The van der Waals surface area contributed by atoms with Gasteiger partial charge in [-0.15, -0.1) is 11.8 Å². The summed E-state index contributed by atoms with van der Waals surface area (Å²) in [6, 6.07) is 5.23. The number of amides is 2. The standard InChI is InChI=1S/C23H32FN3O2S/c24-19-10-8-17(9-11-19)22(29)27-20(16-30-23(27)18-6-2-1-3-7-18)21(28)25-12-15-26-13-4-5-14-26/h8-11,18,20,23H,1-7,12-16H2,(H,25,28). The minimum absolute atomic E-state index is 0.0252. The SMILES string of the molecule is O=C(NCCN1CCCC1)C1CSC(C2CCCCC2)N1C(=O)c1ccc(F)cc1. The summed E-state index contributed by atoms with van der Waals surface area (Å²) in [4.78, 5) is 30.6. The highest BCUT2D eigenvalue weighted by molar-refractivity contribution is 8.00. The number of carbonyl (C=O) groups is 2. The van der Waals surface area contributed by atoms with Crippen LogP contribution in [0.1, 0.15) is 55.3 Å². The summed E-state index contributed by atoms with van der Waals surface area (Å²) in [6.45, 7) is 3.69. The first-order valence-electron chi connectivity index (χ1n) is 11.3. The van der Waals surface area contributed by atoms with Crippen molar-refractivity contribution < 1.29 is 14.0 Å². The van der Waals surface area contributed by atoms with E-state index in [9.17, 15) is 14.0 Å². The van der Waals surface area contributed by atoms with E-state index >= 15 is 0 Å². The average Bonchev–Trinajstić information content (AvgIpc) is 3.44. The lowest BCUT2D eigenvalue weighted by Crippen LogP contribution is -2.52. The number of likely N-dealkylation sites (tertiary alicyclic amines) is 1. The predicted octanol–water partition coefficient (Wildman–Crippen LogP) is 3.50. The molecule has 1 aliphatic carbocycles. The van der Waals surface area contributed by atoms with E-state index < -0.39 is 6.04 Å². The van der Waals surface area contributed by atoms with E-state index in [1.807, 2.05) is 0 Å².